The molecule has 128 valence electrons. The van der Waals surface area contributed by atoms with Crippen LogP contribution < -0.4 is 14.8 Å². The lowest BCUT2D eigenvalue weighted by Gasteiger charge is -2.11. The van der Waals surface area contributed by atoms with E-state index in [2.05, 4.69) is 10.3 Å². The second-order valence-corrected chi connectivity index (χ2v) is 5.43. The Morgan fingerprint density at radius 2 is 1.88 bits per heavy atom. The molecular formula is C19H18N2O4. The number of carbonyl (C=O) groups is 2. The number of carbonyl (C=O) groups excluding carboxylic acids is 2. The van der Waals surface area contributed by atoms with E-state index in [0.717, 1.165) is 5.56 Å². The minimum absolute atomic E-state index is 0.294. The highest BCUT2D eigenvalue weighted by Crippen LogP contribution is 2.34. The summed E-state index contributed by atoms with van der Waals surface area (Å²) in [4.78, 5) is 26.7. The Labute approximate surface area is 144 Å². The summed E-state index contributed by atoms with van der Waals surface area (Å²) in [5, 5.41) is 2.95. The average Bonchev–Trinajstić information content (AvgIpc) is 3.07. The van der Waals surface area contributed by atoms with E-state index in [4.69, 9.17) is 9.47 Å². The van der Waals surface area contributed by atoms with Crippen molar-refractivity contribution >= 4 is 22.6 Å². The van der Waals surface area contributed by atoms with Crippen molar-refractivity contribution in [3.05, 3.63) is 59.8 Å². The number of hydrogen-bond donors (Lipinski definition) is 2. The predicted molar refractivity (Wildman–Crippen MR) is 94.0 cm³/mol. The number of ketones is 1. The van der Waals surface area contributed by atoms with E-state index in [0.29, 0.717) is 34.6 Å². The number of H-pyrrole nitrogens is 1. The summed E-state index contributed by atoms with van der Waals surface area (Å²) in [5.41, 5.74) is 2.02. The Balaban J connectivity index is 1.93. The molecular weight excluding hydrogens is 320 g/mol. The van der Waals surface area contributed by atoms with Crippen LogP contribution in [0, 0.1) is 0 Å². The molecule has 0 aliphatic rings. The van der Waals surface area contributed by atoms with E-state index in [9.17, 15) is 9.59 Å². The third-order valence-electron chi connectivity index (χ3n) is 3.88. The van der Waals surface area contributed by atoms with Crippen molar-refractivity contribution in [1.82, 2.24) is 10.3 Å². The van der Waals surface area contributed by atoms with Crippen molar-refractivity contribution in [2.75, 3.05) is 14.2 Å². The van der Waals surface area contributed by atoms with Crippen molar-refractivity contribution in [3.63, 3.8) is 0 Å². The lowest BCUT2D eigenvalue weighted by Crippen LogP contribution is -2.27. The number of likely N-dealkylation sites (N-methyl/N-ethyl adjacent to an activating group) is 1. The van der Waals surface area contributed by atoms with Gasteiger partial charge in [-0.2, -0.15) is 0 Å². The van der Waals surface area contributed by atoms with E-state index in [1.165, 1.54) is 20.4 Å². The number of amides is 1. The van der Waals surface area contributed by atoms with Gasteiger partial charge in [0, 0.05) is 24.7 Å². The summed E-state index contributed by atoms with van der Waals surface area (Å²) >= 11 is 0. The molecule has 2 N–H and O–H groups in total. The lowest BCUT2D eigenvalue weighted by molar-refractivity contribution is -0.116. The fourth-order valence-corrected chi connectivity index (χ4v) is 2.56. The van der Waals surface area contributed by atoms with Gasteiger partial charge in [0.1, 0.15) is 6.61 Å². The number of aromatic amines is 1. The number of ether oxygens (including phenoxy) is 2. The smallest absolute Gasteiger partial charge is 0.292 e. The van der Waals surface area contributed by atoms with E-state index < -0.39 is 11.7 Å². The largest absolute Gasteiger partial charge is 0.493 e. The first kappa shape index (κ1) is 16.6. The molecule has 0 atom stereocenters. The second kappa shape index (κ2) is 7.09. The third kappa shape index (κ3) is 3.33. The fourth-order valence-electron chi connectivity index (χ4n) is 2.56. The number of benzene rings is 2. The van der Waals surface area contributed by atoms with E-state index in [1.807, 2.05) is 30.3 Å². The zero-order chi connectivity index (χ0) is 17.8. The van der Waals surface area contributed by atoms with Gasteiger partial charge in [0.05, 0.1) is 18.2 Å². The monoisotopic (exact) mass is 338 g/mol. The van der Waals surface area contributed by atoms with Crippen molar-refractivity contribution in [1.29, 1.82) is 0 Å². The Hall–Kier alpha value is -3.28. The maximum Gasteiger partial charge on any atom is 0.292 e. The molecule has 0 bridgehead atoms. The zero-order valence-corrected chi connectivity index (χ0v) is 14.0. The quantitative estimate of drug-likeness (QED) is 0.535. The first-order valence-electron chi connectivity index (χ1n) is 7.76. The van der Waals surface area contributed by atoms with Gasteiger partial charge in [-0.15, -0.1) is 0 Å². The van der Waals surface area contributed by atoms with Crippen LogP contribution in [0.2, 0.25) is 0 Å². The van der Waals surface area contributed by atoms with Crippen molar-refractivity contribution in [3.8, 4) is 11.5 Å². The summed E-state index contributed by atoms with van der Waals surface area (Å²) in [5.74, 6) is -0.216. The Bertz CT molecular complexity index is 916. The molecule has 1 aromatic heterocycles. The molecule has 0 aliphatic heterocycles. The maximum atomic E-state index is 12.1. The summed E-state index contributed by atoms with van der Waals surface area (Å²) in [6.45, 7) is 0.396. The van der Waals surface area contributed by atoms with Crippen LogP contribution in [0.5, 0.6) is 11.5 Å². The number of hydrogen-bond acceptors (Lipinski definition) is 4. The number of Topliss-reactive ketones (excluding diaryl/α,β-unsaturated/α-hetero) is 1. The van der Waals surface area contributed by atoms with Crippen molar-refractivity contribution in [2.45, 2.75) is 6.61 Å². The van der Waals surface area contributed by atoms with Gasteiger partial charge in [-0.1, -0.05) is 30.3 Å². The van der Waals surface area contributed by atoms with Crippen molar-refractivity contribution < 1.29 is 19.1 Å². The standard InChI is InChI=1S/C19H18N2O4/c1-20-19(23)18(22)14-10-21-15-9-17(16(24-2)8-13(14)15)25-11-12-6-4-3-5-7-12/h3-10,21H,11H2,1-2H3,(H,20,23). The second-order valence-electron chi connectivity index (χ2n) is 5.43. The van der Waals surface area contributed by atoms with E-state index in [-0.39, 0.29) is 0 Å². The van der Waals surface area contributed by atoms with Crippen LogP contribution in [0.4, 0.5) is 0 Å². The molecule has 6 nitrogen and oxygen atoms in total. The fraction of sp³-hybridized carbons (Fsp3) is 0.158. The molecule has 2 aromatic carbocycles. The zero-order valence-electron chi connectivity index (χ0n) is 14.0. The van der Waals surface area contributed by atoms with Gasteiger partial charge in [-0.25, -0.2) is 0 Å². The Morgan fingerprint density at radius 3 is 2.56 bits per heavy atom. The first-order valence-corrected chi connectivity index (χ1v) is 7.76. The molecule has 0 spiro atoms. The topological polar surface area (TPSA) is 80.4 Å². The van der Waals surface area contributed by atoms with Crippen LogP contribution in [0.25, 0.3) is 10.9 Å². The summed E-state index contributed by atoms with van der Waals surface area (Å²) in [7, 11) is 2.95. The normalized spacial score (nSPS) is 10.5. The lowest BCUT2D eigenvalue weighted by atomic mass is 10.1. The van der Waals surface area contributed by atoms with Gasteiger partial charge >= 0.3 is 0 Å². The molecule has 0 saturated heterocycles. The summed E-state index contributed by atoms with van der Waals surface area (Å²) in [6.07, 6.45) is 1.52. The van der Waals surface area contributed by atoms with Crippen LogP contribution in [0.3, 0.4) is 0 Å². The molecule has 1 amide bonds. The van der Waals surface area contributed by atoms with Crippen LogP contribution >= 0.6 is 0 Å². The third-order valence-corrected chi connectivity index (χ3v) is 3.88. The molecule has 0 unspecified atom stereocenters. The molecule has 0 radical (unpaired) electrons. The number of aromatic nitrogens is 1. The summed E-state index contributed by atoms with van der Waals surface area (Å²) < 4.78 is 11.2. The molecule has 6 heteroatoms. The van der Waals surface area contributed by atoms with Gasteiger partial charge in [0.15, 0.2) is 11.5 Å². The van der Waals surface area contributed by atoms with Crippen LogP contribution in [0.15, 0.2) is 48.7 Å². The first-order chi connectivity index (χ1) is 12.1. The maximum absolute atomic E-state index is 12.1. The number of fused-ring (bicyclic) bond motifs is 1. The SMILES string of the molecule is CNC(=O)C(=O)c1c[nH]c2cc(OCc3ccccc3)c(OC)cc12. The van der Waals surface area contributed by atoms with Gasteiger partial charge in [-0.05, 0) is 11.6 Å². The number of nitrogens with one attached hydrogen (secondary N) is 2. The Morgan fingerprint density at radius 1 is 1.12 bits per heavy atom. The molecule has 1 heterocycles. The highest BCUT2D eigenvalue weighted by molar-refractivity contribution is 6.44. The molecule has 0 aliphatic carbocycles. The van der Waals surface area contributed by atoms with Crippen molar-refractivity contribution in [2.24, 2.45) is 0 Å². The minimum Gasteiger partial charge on any atom is -0.493 e. The Kier molecular flexibility index (Phi) is 4.70. The van der Waals surface area contributed by atoms with Gasteiger partial charge in [0.25, 0.3) is 11.7 Å². The highest BCUT2D eigenvalue weighted by atomic mass is 16.5. The average molecular weight is 338 g/mol. The molecule has 0 saturated carbocycles. The molecule has 0 fully saturated rings. The predicted octanol–water partition coefficient (Wildman–Crippen LogP) is 2.68. The highest BCUT2D eigenvalue weighted by Gasteiger charge is 2.20. The number of rotatable bonds is 6. The van der Waals surface area contributed by atoms with Gasteiger partial charge in [-0.3, -0.25) is 9.59 Å². The van der Waals surface area contributed by atoms with Gasteiger partial charge in [0.2, 0.25) is 0 Å². The molecule has 25 heavy (non-hydrogen) atoms. The van der Waals surface area contributed by atoms with E-state index in [1.54, 1.807) is 12.1 Å². The van der Waals surface area contributed by atoms with Crippen LogP contribution in [0.1, 0.15) is 15.9 Å². The molecule has 3 rings (SSSR count). The van der Waals surface area contributed by atoms with Crippen LogP contribution in [-0.4, -0.2) is 30.8 Å². The van der Waals surface area contributed by atoms with Gasteiger partial charge < -0.3 is 19.8 Å². The minimum atomic E-state index is -0.663. The van der Waals surface area contributed by atoms with Crippen LogP contribution in [-0.2, 0) is 11.4 Å². The summed E-state index contributed by atoms with van der Waals surface area (Å²) in [6, 6.07) is 13.2. The molecule has 3 aromatic rings. The van der Waals surface area contributed by atoms with E-state index >= 15 is 0 Å². The number of methoxy groups -OCH3 is 1.